The van der Waals surface area contributed by atoms with Crippen LogP contribution in [0.1, 0.15) is 32.6 Å². The van der Waals surface area contributed by atoms with E-state index < -0.39 is 0 Å². The van der Waals surface area contributed by atoms with Crippen LogP contribution in [0.25, 0.3) is 0 Å². The van der Waals surface area contributed by atoms with Crippen LogP contribution < -0.4 is 5.84 Å². The van der Waals surface area contributed by atoms with Crippen LogP contribution in [0.4, 0.5) is 0 Å². The molecule has 0 radical (unpaired) electrons. The highest BCUT2D eigenvalue weighted by Crippen LogP contribution is 2.09. The normalized spacial score (nSPS) is 21.8. The number of nitrogens with zero attached hydrogens (tertiary/aromatic N) is 1. The molecule has 3 heteroatoms. The van der Waals surface area contributed by atoms with Gasteiger partial charge < -0.3 is 4.74 Å². The summed E-state index contributed by atoms with van der Waals surface area (Å²) in [5, 5.41) is 1.88. The summed E-state index contributed by atoms with van der Waals surface area (Å²) in [6.07, 6.45) is 5.57. The van der Waals surface area contributed by atoms with Crippen LogP contribution in [0.2, 0.25) is 0 Å². The first-order valence-corrected chi connectivity index (χ1v) is 4.94. The zero-order valence-electron chi connectivity index (χ0n) is 7.96. The molecule has 0 amide bonds. The third kappa shape index (κ3) is 4.70. The third-order valence-corrected chi connectivity index (χ3v) is 2.14. The molecule has 1 fully saturated rings. The minimum absolute atomic E-state index is 0.432. The van der Waals surface area contributed by atoms with Crippen molar-refractivity contribution in [2.24, 2.45) is 5.84 Å². The van der Waals surface area contributed by atoms with E-state index in [9.17, 15) is 0 Å². The van der Waals surface area contributed by atoms with E-state index in [0.29, 0.717) is 6.10 Å². The van der Waals surface area contributed by atoms with E-state index >= 15 is 0 Å². The Kier molecular flexibility index (Phi) is 4.58. The molecular weight excluding hydrogens is 152 g/mol. The van der Waals surface area contributed by atoms with Crippen molar-refractivity contribution in [3.8, 4) is 0 Å². The number of hydrogen-bond acceptors (Lipinski definition) is 3. The zero-order valence-corrected chi connectivity index (χ0v) is 7.96. The summed E-state index contributed by atoms with van der Waals surface area (Å²) in [6.45, 7) is 5.05. The maximum absolute atomic E-state index is 5.75. The summed E-state index contributed by atoms with van der Waals surface area (Å²) >= 11 is 0. The van der Waals surface area contributed by atoms with Crippen molar-refractivity contribution >= 4 is 0 Å². The summed E-state index contributed by atoms with van der Waals surface area (Å²) in [5.41, 5.74) is 0. The Morgan fingerprint density at radius 1 is 1.42 bits per heavy atom. The fourth-order valence-electron chi connectivity index (χ4n) is 1.27. The lowest BCUT2D eigenvalue weighted by Gasteiger charge is -2.13. The summed E-state index contributed by atoms with van der Waals surface area (Å²) in [5.74, 6) is 5.75. The van der Waals surface area contributed by atoms with Crippen molar-refractivity contribution in [3.63, 3.8) is 0 Å². The Labute approximate surface area is 74.8 Å². The van der Waals surface area contributed by atoms with Gasteiger partial charge >= 0.3 is 0 Å². The van der Waals surface area contributed by atoms with Crippen LogP contribution in [-0.4, -0.2) is 30.8 Å². The summed E-state index contributed by atoms with van der Waals surface area (Å²) in [6, 6.07) is 0. The summed E-state index contributed by atoms with van der Waals surface area (Å²) in [7, 11) is 0. The standard InChI is InChI=1S/C9H20N2O/c1-2-3-4-5-6-11(10)7-9-8-12-9/h9H,2-8,10H2,1H3. The largest absolute Gasteiger partial charge is 0.372 e. The second-order valence-electron chi connectivity index (χ2n) is 3.51. The number of rotatable bonds is 7. The first kappa shape index (κ1) is 9.96. The number of hydrogen-bond donors (Lipinski definition) is 1. The van der Waals surface area contributed by atoms with Crippen LogP contribution in [0, 0.1) is 0 Å². The molecule has 0 aliphatic carbocycles. The predicted molar refractivity (Wildman–Crippen MR) is 49.6 cm³/mol. The molecule has 1 saturated heterocycles. The minimum Gasteiger partial charge on any atom is -0.372 e. The molecule has 1 heterocycles. The molecule has 0 bridgehead atoms. The number of ether oxygens (including phenoxy) is 1. The van der Waals surface area contributed by atoms with Gasteiger partial charge in [0.2, 0.25) is 0 Å². The Morgan fingerprint density at radius 2 is 2.17 bits per heavy atom. The van der Waals surface area contributed by atoms with E-state index in [1.54, 1.807) is 0 Å². The van der Waals surface area contributed by atoms with E-state index in [0.717, 1.165) is 19.7 Å². The highest BCUT2D eigenvalue weighted by atomic mass is 16.6. The maximum Gasteiger partial charge on any atom is 0.0950 e. The van der Waals surface area contributed by atoms with Gasteiger partial charge in [-0.3, -0.25) is 5.84 Å². The number of epoxide rings is 1. The van der Waals surface area contributed by atoms with Gasteiger partial charge in [0.15, 0.2) is 0 Å². The fraction of sp³-hybridized carbons (Fsp3) is 1.00. The van der Waals surface area contributed by atoms with Crippen molar-refractivity contribution in [2.75, 3.05) is 19.7 Å². The molecule has 1 aliphatic rings. The zero-order chi connectivity index (χ0) is 8.81. The monoisotopic (exact) mass is 172 g/mol. The lowest BCUT2D eigenvalue weighted by molar-refractivity contribution is 0.243. The molecule has 3 nitrogen and oxygen atoms in total. The topological polar surface area (TPSA) is 41.8 Å². The molecule has 0 aromatic carbocycles. The van der Waals surface area contributed by atoms with Gasteiger partial charge in [-0.1, -0.05) is 26.2 Å². The summed E-state index contributed by atoms with van der Waals surface area (Å²) < 4.78 is 5.08. The van der Waals surface area contributed by atoms with Gasteiger partial charge in [0.25, 0.3) is 0 Å². The van der Waals surface area contributed by atoms with Gasteiger partial charge in [0.05, 0.1) is 12.7 Å². The number of nitrogens with two attached hydrogens (primary N) is 1. The van der Waals surface area contributed by atoms with Crippen LogP contribution in [0.15, 0.2) is 0 Å². The van der Waals surface area contributed by atoms with Crippen molar-refractivity contribution in [2.45, 2.75) is 38.7 Å². The lowest BCUT2D eigenvalue weighted by atomic mass is 10.2. The van der Waals surface area contributed by atoms with E-state index in [1.807, 2.05) is 5.01 Å². The molecule has 1 atom stereocenters. The Hall–Kier alpha value is -0.120. The molecular formula is C9H20N2O. The summed E-state index contributed by atoms with van der Waals surface area (Å²) in [4.78, 5) is 0. The first-order valence-electron chi connectivity index (χ1n) is 4.94. The van der Waals surface area contributed by atoms with Crippen LogP contribution in [-0.2, 0) is 4.74 Å². The van der Waals surface area contributed by atoms with Crippen LogP contribution >= 0.6 is 0 Å². The molecule has 1 rings (SSSR count). The predicted octanol–water partition coefficient (Wildman–Crippen LogP) is 1.14. The van der Waals surface area contributed by atoms with Crippen LogP contribution in [0.3, 0.4) is 0 Å². The second-order valence-corrected chi connectivity index (χ2v) is 3.51. The molecule has 0 aromatic rings. The lowest BCUT2D eigenvalue weighted by Crippen LogP contribution is -2.35. The smallest absolute Gasteiger partial charge is 0.0950 e. The van der Waals surface area contributed by atoms with Crippen molar-refractivity contribution in [1.29, 1.82) is 0 Å². The first-order chi connectivity index (χ1) is 5.83. The van der Waals surface area contributed by atoms with Gasteiger partial charge in [-0.15, -0.1) is 0 Å². The van der Waals surface area contributed by atoms with Gasteiger partial charge in [-0.25, -0.2) is 5.01 Å². The SMILES string of the molecule is CCCCCCN(N)CC1CO1. The highest BCUT2D eigenvalue weighted by Gasteiger charge is 2.23. The maximum atomic E-state index is 5.75. The molecule has 0 aromatic heterocycles. The van der Waals surface area contributed by atoms with Gasteiger partial charge in [0.1, 0.15) is 0 Å². The average Bonchev–Trinajstić information content (AvgIpc) is 2.82. The Balaban J connectivity index is 1.83. The second kappa shape index (κ2) is 5.51. The minimum atomic E-state index is 0.432. The van der Waals surface area contributed by atoms with E-state index in [1.165, 1.54) is 25.7 Å². The molecule has 72 valence electrons. The van der Waals surface area contributed by atoms with Crippen LogP contribution in [0.5, 0.6) is 0 Å². The van der Waals surface area contributed by atoms with Gasteiger partial charge in [0, 0.05) is 13.1 Å². The molecule has 0 saturated carbocycles. The molecule has 12 heavy (non-hydrogen) atoms. The van der Waals surface area contributed by atoms with Gasteiger partial charge in [-0.2, -0.15) is 0 Å². The quantitative estimate of drug-likeness (QED) is 0.271. The highest BCUT2D eigenvalue weighted by molar-refractivity contribution is 4.71. The Morgan fingerprint density at radius 3 is 2.75 bits per heavy atom. The molecule has 1 unspecified atom stereocenters. The van der Waals surface area contributed by atoms with E-state index in [-0.39, 0.29) is 0 Å². The molecule has 1 aliphatic heterocycles. The third-order valence-electron chi connectivity index (χ3n) is 2.14. The Bertz CT molecular complexity index is 115. The van der Waals surface area contributed by atoms with Crippen molar-refractivity contribution < 1.29 is 4.74 Å². The van der Waals surface area contributed by atoms with E-state index in [2.05, 4.69) is 6.92 Å². The van der Waals surface area contributed by atoms with Gasteiger partial charge in [-0.05, 0) is 6.42 Å². The average molecular weight is 172 g/mol. The number of unbranched alkanes of at least 4 members (excludes halogenated alkanes) is 3. The molecule has 0 spiro atoms. The fourth-order valence-corrected chi connectivity index (χ4v) is 1.27. The molecule has 2 N–H and O–H groups in total. The van der Waals surface area contributed by atoms with E-state index in [4.69, 9.17) is 10.6 Å². The van der Waals surface area contributed by atoms with Crippen molar-refractivity contribution in [1.82, 2.24) is 5.01 Å². The number of hydrazine groups is 1. The van der Waals surface area contributed by atoms with Crippen molar-refractivity contribution in [3.05, 3.63) is 0 Å².